The van der Waals surface area contributed by atoms with E-state index in [1.807, 2.05) is 6.92 Å². The Balaban J connectivity index is 2.36. The number of rotatable bonds is 4. The maximum atomic E-state index is 11.2. The summed E-state index contributed by atoms with van der Waals surface area (Å²) in [5, 5.41) is 11.2. The lowest BCUT2D eigenvalue weighted by atomic mass is 9.94. The molecule has 1 rings (SSSR count). The molecule has 0 aromatic carbocycles. The molecule has 4 nitrogen and oxygen atoms in total. The Bertz CT molecular complexity index is 260. The Morgan fingerprint density at radius 2 is 2.50 bits per heavy atom. The van der Waals surface area contributed by atoms with Crippen LogP contribution in [-0.2, 0) is 9.59 Å². The van der Waals surface area contributed by atoms with Gasteiger partial charge in [-0.1, -0.05) is 13.0 Å². The standard InChI is InChI=1S/C10H15NO3/c1-7(2-3-9(12)13)6-8-4-5-11-10(8)14/h2-3,7-8H,4-6H2,1H3,(H,11,14)(H,12,13)/b3-2+/t7-,8+/m1/s1. The van der Waals surface area contributed by atoms with Gasteiger partial charge in [0, 0.05) is 18.5 Å². The molecule has 4 heteroatoms. The summed E-state index contributed by atoms with van der Waals surface area (Å²) in [7, 11) is 0. The van der Waals surface area contributed by atoms with Crippen molar-refractivity contribution in [2.75, 3.05) is 6.54 Å². The van der Waals surface area contributed by atoms with Crippen LogP contribution in [0.3, 0.4) is 0 Å². The fourth-order valence-electron chi connectivity index (χ4n) is 1.64. The normalized spacial score (nSPS) is 23.8. The van der Waals surface area contributed by atoms with Crippen LogP contribution in [0.2, 0.25) is 0 Å². The minimum Gasteiger partial charge on any atom is -0.478 e. The molecule has 0 aromatic rings. The van der Waals surface area contributed by atoms with Crippen molar-refractivity contribution in [1.82, 2.24) is 5.32 Å². The predicted molar refractivity (Wildman–Crippen MR) is 51.7 cm³/mol. The van der Waals surface area contributed by atoms with Gasteiger partial charge in [0.15, 0.2) is 0 Å². The number of hydrogen-bond donors (Lipinski definition) is 2. The third kappa shape index (κ3) is 3.20. The number of nitrogens with one attached hydrogen (secondary N) is 1. The van der Waals surface area contributed by atoms with Crippen LogP contribution in [0.5, 0.6) is 0 Å². The van der Waals surface area contributed by atoms with E-state index in [0.717, 1.165) is 25.5 Å². The molecule has 78 valence electrons. The van der Waals surface area contributed by atoms with Crippen molar-refractivity contribution in [1.29, 1.82) is 0 Å². The van der Waals surface area contributed by atoms with Crippen LogP contribution in [0, 0.1) is 11.8 Å². The van der Waals surface area contributed by atoms with Gasteiger partial charge >= 0.3 is 5.97 Å². The zero-order chi connectivity index (χ0) is 10.6. The summed E-state index contributed by atoms with van der Waals surface area (Å²) in [6.45, 7) is 2.67. The van der Waals surface area contributed by atoms with Gasteiger partial charge in [0.1, 0.15) is 0 Å². The minimum absolute atomic E-state index is 0.0587. The second-order valence-corrected chi connectivity index (χ2v) is 3.69. The van der Waals surface area contributed by atoms with Crippen LogP contribution >= 0.6 is 0 Å². The molecule has 0 radical (unpaired) electrons. The minimum atomic E-state index is -0.937. The molecule has 0 spiro atoms. The highest BCUT2D eigenvalue weighted by atomic mass is 16.4. The lowest BCUT2D eigenvalue weighted by Crippen LogP contribution is -2.20. The Kier molecular flexibility index (Phi) is 3.68. The number of aliphatic carboxylic acids is 1. The molecule has 1 amide bonds. The first kappa shape index (κ1) is 10.8. The molecule has 0 bridgehead atoms. The van der Waals surface area contributed by atoms with Gasteiger partial charge in [-0.25, -0.2) is 4.79 Å². The first-order valence-corrected chi connectivity index (χ1v) is 4.78. The number of amides is 1. The molecule has 2 atom stereocenters. The lowest BCUT2D eigenvalue weighted by Gasteiger charge is -2.09. The second-order valence-electron chi connectivity index (χ2n) is 3.69. The highest BCUT2D eigenvalue weighted by Crippen LogP contribution is 2.19. The first-order valence-electron chi connectivity index (χ1n) is 4.78. The van der Waals surface area contributed by atoms with E-state index >= 15 is 0 Å². The zero-order valence-electron chi connectivity index (χ0n) is 8.19. The third-order valence-electron chi connectivity index (χ3n) is 2.39. The van der Waals surface area contributed by atoms with Crippen molar-refractivity contribution >= 4 is 11.9 Å². The number of carboxylic acid groups (broad SMARTS) is 1. The number of carbonyl (C=O) groups excluding carboxylic acids is 1. The Morgan fingerprint density at radius 1 is 1.79 bits per heavy atom. The van der Waals surface area contributed by atoms with Crippen LogP contribution in [0.1, 0.15) is 19.8 Å². The van der Waals surface area contributed by atoms with Crippen molar-refractivity contribution in [2.24, 2.45) is 11.8 Å². The van der Waals surface area contributed by atoms with E-state index in [1.54, 1.807) is 6.08 Å². The van der Waals surface area contributed by atoms with Crippen LogP contribution < -0.4 is 5.32 Å². The summed E-state index contributed by atoms with van der Waals surface area (Å²) in [5.74, 6) is -0.642. The van der Waals surface area contributed by atoms with E-state index in [1.165, 1.54) is 0 Å². The summed E-state index contributed by atoms with van der Waals surface area (Å²) in [4.78, 5) is 21.4. The zero-order valence-corrected chi connectivity index (χ0v) is 8.19. The molecule has 14 heavy (non-hydrogen) atoms. The van der Waals surface area contributed by atoms with Crippen LogP contribution in [-0.4, -0.2) is 23.5 Å². The monoisotopic (exact) mass is 197 g/mol. The Morgan fingerprint density at radius 3 is 3.00 bits per heavy atom. The molecule has 1 aliphatic rings. The van der Waals surface area contributed by atoms with Gasteiger partial charge in [-0.05, 0) is 18.8 Å². The van der Waals surface area contributed by atoms with E-state index in [-0.39, 0.29) is 17.7 Å². The van der Waals surface area contributed by atoms with Gasteiger partial charge in [-0.15, -0.1) is 0 Å². The second kappa shape index (κ2) is 4.79. The van der Waals surface area contributed by atoms with Gasteiger partial charge in [0.2, 0.25) is 5.91 Å². The number of hydrogen-bond acceptors (Lipinski definition) is 2. The maximum Gasteiger partial charge on any atom is 0.327 e. The van der Waals surface area contributed by atoms with Crippen LogP contribution in [0.15, 0.2) is 12.2 Å². The molecule has 1 aliphatic heterocycles. The van der Waals surface area contributed by atoms with Crippen molar-refractivity contribution in [3.05, 3.63) is 12.2 Å². The molecule has 2 N–H and O–H groups in total. The molecule has 1 saturated heterocycles. The largest absolute Gasteiger partial charge is 0.478 e. The summed E-state index contributed by atoms with van der Waals surface area (Å²) in [6, 6.07) is 0. The summed E-state index contributed by atoms with van der Waals surface area (Å²) in [5.41, 5.74) is 0. The van der Waals surface area contributed by atoms with E-state index in [9.17, 15) is 9.59 Å². The molecular weight excluding hydrogens is 182 g/mol. The van der Waals surface area contributed by atoms with Crippen molar-refractivity contribution in [2.45, 2.75) is 19.8 Å². The van der Waals surface area contributed by atoms with Crippen LogP contribution in [0.25, 0.3) is 0 Å². The molecule has 0 aliphatic carbocycles. The fourth-order valence-corrected chi connectivity index (χ4v) is 1.64. The number of carboxylic acids is 1. The van der Waals surface area contributed by atoms with Crippen molar-refractivity contribution in [3.8, 4) is 0 Å². The van der Waals surface area contributed by atoms with Crippen molar-refractivity contribution in [3.63, 3.8) is 0 Å². The average Bonchev–Trinajstić information content (AvgIpc) is 2.49. The summed E-state index contributed by atoms with van der Waals surface area (Å²) >= 11 is 0. The summed E-state index contributed by atoms with van der Waals surface area (Å²) < 4.78 is 0. The van der Waals surface area contributed by atoms with Gasteiger partial charge in [0.25, 0.3) is 0 Å². The van der Waals surface area contributed by atoms with Crippen molar-refractivity contribution < 1.29 is 14.7 Å². The quantitative estimate of drug-likeness (QED) is 0.655. The van der Waals surface area contributed by atoms with E-state index in [0.29, 0.717) is 0 Å². The van der Waals surface area contributed by atoms with E-state index in [4.69, 9.17) is 5.11 Å². The van der Waals surface area contributed by atoms with Gasteiger partial charge in [-0.2, -0.15) is 0 Å². The van der Waals surface area contributed by atoms with Crippen LogP contribution in [0.4, 0.5) is 0 Å². The highest BCUT2D eigenvalue weighted by molar-refractivity contribution is 5.81. The molecule has 0 saturated carbocycles. The molecule has 1 heterocycles. The predicted octanol–water partition coefficient (Wildman–Crippen LogP) is 0.790. The van der Waals surface area contributed by atoms with Gasteiger partial charge < -0.3 is 10.4 Å². The van der Waals surface area contributed by atoms with E-state index < -0.39 is 5.97 Å². The molecular formula is C10H15NO3. The SMILES string of the molecule is C[C@H](/C=C/C(=O)O)C[C@@H]1CCNC1=O. The summed E-state index contributed by atoms with van der Waals surface area (Å²) in [6.07, 6.45) is 4.37. The Hall–Kier alpha value is -1.32. The number of carbonyl (C=O) groups is 2. The first-order chi connectivity index (χ1) is 6.59. The van der Waals surface area contributed by atoms with Gasteiger partial charge in [-0.3, -0.25) is 4.79 Å². The molecule has 0 unspecified atom stereocenters. The average molecular weight is 197 g/mol. The smallest absolute Gasteiger partial charge is 0.327 e. The number of allylic oxidation sites excluding steroid dienone is 1. The highest BCUT2D eigenvalue weighted by Gasteiger charge is 2.24. The fraction of sp³-hybridized carbons (Fsp3) is 0.600. The molecule has 0 aromatic heterocycles. The third-order valence-corrected chi connectivity index (χ3v) is 2.39. The van der Waals surface area contributed by atoms with E-state index in [2.05, 4.69) is 5.32 Å². The Labute approximate surface area is 83.0 Å². The topological polar surface area (TPSA) is 66.4 Å². The molecule has 1 fully saturated rings. The maximum absolute atomic E-state index is 11.2. The lowest BCUT2D eigenvalue weighted by molar-refractivity contribution is -0.131. The van der Waals surface area contributed by atoms with Gasteiger partial charge in [0.05, 0.1) is 0 Å².